The molecule has 19 heavy (non-hydrogen) atoms. The fourth-order valence-corrected chi connectivity index (χ4v) is 2.31. The van der Waals surface area contributed by atoms with Gasteiger partial charge >= 0.3 is 0 Å². The van der Waals surface area contributed by atoms with Gasteiger partial charge in [0.25, 0.3) is 0 Å². The second-order valence-electron chi connectivity index (χ2n) is 3.93. The predicted molar refractivity (Wildman–Crippen MR) is 75.6 cm³/mol. The highest BCUT2D eigenvalue weighted by atomic mass is 32.2. The van der Waals surface area contributed by atoms with Crippen molar-refractivity contribution in [3.05, 3.63) is 47.8 Å². The van der Waals surface area contributed by atoms with Crippen LogP contribution in [0.2, 0.25) is 0 Å². The van der Waals surface area contributed by atoms with Crippen LogP contribution >= 0.6 is 11.8 Å². The zero-order chi connectivity index (χ0) is 13.8. The molecule has 0 N–H and O–H groups in total. The summed E-state index contributed by atoms with van der Waals surface area (Å²) in [6.07, 6.45) is 2.58. The van der Waals surface area contributed by atoms with Gasteiger partial charge in [-0.1, -0.05) is 24.3 Å². The molecule has 2 rings (SSSR count). The van der Waals surface area contributed by atoms with Crippen LogP contribution in [-0.2, 0) is 0 Å². The third-order valence-electron chi connectivity index (χ3n) is 2.83. The van der Waals surface area contributed by atoms with E-state index in [2.05, 4.69) is 0 Å². The topological polar surface area (TPSA) is 26.3 Å². The first-order valence-electron chi connectivity index (χ1n) is 5.66. The Balaban J connectivity index is 2.55. The monoisotopic (exact) mass is 276 g/mol. The molecule has 2 aromatic carbocycles. The van der Waals surface area contributed by atoms with E-state index in [1.54, 1.807) is 43.5 Å². The van der Waals surface area contributed by atoms with E-state index in [-0.39, 0.29) is 5.82 Å². The van der Waals surface area contributed by atoms with Gasteiger partial charge in [-0.15, -0.1) is 11.8 Å². The largest absolute Gasteiger partial charge is 0.497 e. The van der Waals surface area contributed by atoms with Crippen molar-refractivity contribution >= 4 is 18.0 Å². The molecule has 0 radical (unpaired) electrons. The summed E-state index contributed by atoms with van der Waals surface area (Å²) in [6.45, 7) is 0. The van der Waals surface area contributed by atoms with Gasteiger partial charge in [-0.2, -0.15) is 0 Å². The fraction of sp³-hybridized carbons (Fsp3) is 0.133. The van der Waals surface area contributed by atoms with Gasteiger partial charge in [-0.25, -0.2) is 4.39 Å². The number of aldehydes is 1. The lowest BCUT2D eigenvalue weighted by atomic mass is 10.0. The minimum Gasteiger partial charge on any atom is -0.497 e. The summed E-state index contributed by atoms with van der Waals surface area (Å²) < 4.78 is 19.5. The minimum absolute atomic E-state index is 0.271. The van der Waals surface area contributed by atoms with E-state index in [9.17, 15) is 9.18 Å². The maximum absolute atomic E-state index is 14.3. The summed E-state index contributed by atoms with van der Waals surface area (Å²) in [5.41, 5.74) is 1.76. The number of rotatable bonds is 4. The van der Waals surface area contributed by atoms with E-state index < -0.39 is 0 Å². The standard InChI is InChI=1S/C15H13FO2S/c1-18-12-7-13(15(16)14(8-12)19-2)11-5-3-10(9-17)4-6-11/h3-9H,1-2H3. The van der Waals surface area contributed by atoms with Crippen LogP contribution in [0.5, 0.6) is 5.75 Å². The van der Waals surface area contributed by atoms with Crippen molar-refractivity contribution in [2.24, 2.45) is 0 Å². The van der Waals surface area contributed by atoms with Crippen LogP contribution in [0.25, 0.3) is 11.1 Å². The summed E-state index contributed by atoms with van der Waals surface area (Å²) in [4.78, 5) is 11.2. The van der Waals surface area contributed by atoms with Crippen molar-refractivity contribution in [1.29, 1.82) is 0 Å². The first-order chi connectivity index (χ1) is 9.19. The van der Waals surface area contributed by atoms with Crippen molar-refractivity contribution < 1.29 is 13.9 Å². The smallest absolute Gasteiger partial charge is 0.150 e. The average Bonchev–Trinajstić information content (AvgIpc) is 2.47. The number of halogens is 1. The molecule has 98 valence electrons. The number of ether oxygens (including phenoxy) is 1. The quantitative estimate of drug-likeness (QED) is 0.623. The SMILES string of the molecule is COc1cc(SC)c(F)c(-c2ccc(C=O)cc2)c1. The van der Waals surface area contributed by atoms with Gasteiger partial charge in [0.05, 0.1) is 7.11 Å². The number of methoxy groups -OCH3 is 1. The lowest BCUT2D eigenvalue weighted by Gasteiger charge is -2.10. The van der Waals surface area contributed by atoms with Gasteiger partial charge < -0.3 is 4.74 Å². The first kappa shape index (κ1) is 13.6. The summed E-state index contributed by atoms with van der Waals surface area (Å²) in [7, 11) is 1.55. The van der Waals surface area contributed by atoms with Crippen LogP contribution in [0.1, 0.15) is 10.4 Å². The predicted octanol–water partition coefficient (Wildman–Crippen LogP) is 4.04. The Bertz CT molecular complexity index is 594. The molecule has 0 heterocycles. The molecular weight excluding hydrogens is 263 g/mol. The molecule has 0 atom stereocenters. The number of carbonyl (C=O) groups excluding carboxylic acids is 1. The van der Waals surface area contributed by atoms with E-state index in [0.717, 1.165) is 11.8 Å². The van der Waals surface area contributed by atoms with Gasteiger partial charge in [0.1, 0.15) is 17.9 Å². The normalized spacial score (nSPS) is 10.3. The maximum atomic E-state index is 14.3. The van der Waals surface area contributed by atoms with Crippen LogP contribution in [-0.4, -0.2) is 19.7 Å². The van der Waals surface area contributed by atoms with Gasteiger partial charge in [-0.3, -0.25) is 4.79 Å². The lowest BCUT2D eigenvalue weighted by Crippen LogP contribution is -1.92. The van der Waals surface area contributed by atoms with Crippen molar-refractivity contribution in [1.82, 2.24) is 0 Å². The number of thioether (sulfide) groups is 1. The summed E-state index contributed by atoms with van der Waals surface area (Å²) in [5.74, 6) is 0.340. The Hall–Kier alpha value is -1.81. The number of benzene rings is 2. The van der Waals surface area contributed by atoms with E-state index in [1.165, 1.54) is 11.8 Å². The highest BCUT2D eigenvalue weighted by Crippen LogP contribution is 2.33. The zero-order valence-corrected chi connectivity index (χ0v) is 11.5. The molecule has 0 fully saturated rings. The second-order valence-corrected chi connectivity index (χ2v) is 4.78. The third kappa shape index (κ3) is 2.79. The molecule has 0 bridgehead atoms. The van der Waals surface area contributed by atoms with Crippen molar-refractivity contribution in [2.75, 3.05) is 13.4 Å². The Morgan fingerprint density at radius 1 is 1.21 bits per heavy atom. The minimum atomic E-state index is -0.271. The zero-order valence-electron chi connectivity index (χ0n) is 10.6. The van der Waals surface area contributed by atoms with Crippen molar-refractivity contribution in [3.8, 4) is 16.9 Å². The van der Waals surface area contributed by atoms with Crippen LogP contribution in [0.4, 0.5) is 4.39 Å². The first-order valence-corrected chi connectivity index (χ1v) is 6.89. The molecule has 4 heteroatoms. The van der Waals surface area contributed by atoms with Gasteiger partial charge in [-0.05, 0) is 24.0 Å². The van der Waals surface area contributed by atoms with Crippen molar-refractivity contribution in [2.45, 2.75) is 4.90 Å². The molecule has 0 amide bonds. The van der Waals surface area contributed by atoms with Gasteiger partial charge in [0.15, 0.2) is 0 Å². The molecule has 0 aliphatic carbocycles. The van der Waals surface area contributed by atoms with Gasteiger partial charge in [0, 0.05) is 16.0 Å². The van der Waals surface area contributed by atoms with Gasteiger partial charge in [0.2, 0.25) is 0 Å². The Kier molecular flexibility index (Phi) is 4.22. The Labute approximate surface area is 115 Å². The van der Waals surface area contributed by atoms with Crippen LogP contribution in [0, 0.1) is 5.82 Å². The second kappa shape index (κ2) is 5.89. The summed E-state index contributed by atoms with van der Waals surface area (Å²) >= 11 is 1.33. The highest BCUT2D eigenvalue weighted by molar-refractivity contribution is 7.98. The number of hydrogen-bond acceptors (Lipinski definition) is 3. The number of carbonyl (C=O) groups is 1. The van der Waals surface area contributed by atoms with Crippen LogP contribution in [0.15, 0.2) is 41.3 Å². The fourth-order valence-electron chi connectivity index (χ4n) is 1.79. The molecular formula is C15H13FO2S. The van der Waals surface area contributed by atoms with E-state index >= 15 is 0 Å². The summed E-state index contributed by atoms with van der Waals surface area (Å²) in [5, 5.41) is 0. The van der Waals surface area contributed by atoms with E-state index in [4.69, 9.17) is 4.74 Å². The number of hydrogen-bond donors (Lipinski definition) is 0. The highest BCUT2D eigenvalue weighted by Gasteiger charge is 2.12. The average molecular weight is 276 g/mol. The van der Waals surface area contributed by atoms with Crippen LogP contribution < -0.4 is 4.74 Å². The van der Waals surface area contributed by atoms with E-state index in [0.29, 0.717) is 21.8 Å². The third-order valence-corrected chi connectivity index (χ3v) is 3.56. The molecule has 0 aliphatic heterocycles. The molecule has 0 spiro atoms. The molecule has 2 aromatic rings. The molecule has 2 nitrogen and oxygen atoms in total. The molecule has 0 unspecified atom stereocenters. The Morgan fingerprint density at radius 3 is 2.42 bits per heavy atom. The molecule has 0 aliphatic rings. The molecule has 0 saturated heterocycles. The summed E-state index contributed by atoms with van der Waals surface area (Å²) in [6, 6.07) is 10.1. The maximum Gasteiger partial charge on any atom is 0.150 e. The Morgan fingerprint density at radius 2 is 1.89 bits per heavy atom. The van der Waals surface area contributed by atoms with Crippen molar-refractivity contribution in [3.63, 3.8) is 0 Å². The lowest BCUT2D eigenvalue weighted by molar-refractivity contribution is 0.112. The molecule has 0 aromatic heterocycles. The molecule has 0 saturated carbocycles. The van der Waals surface area contributed by atoms with E-state index in [1.807, 2.05) is 6.26 Å². The van der Waals surface area contributed by atoms with Crippen LogP contribution in [0.3, 0.4) is 0 Å².